The van der Waals surface area contributed by atoms with Gasteiger partial charge < -0.3 is 5.32 Å². The van der Waals surface area contributed by atoms with Gasteiger partial charge in [0.05, 0.1) is 16.9 Å². The fraction of sp³-hybridized carbons (Fsp3) is 0.100. The zero-order chi connectivity index (χ0) is 17.4. The molecule has 3 heterocycles. The van der Waals surface area contributed by atoms with E-state index in [4.69, 9.17) is 0 Å². The number of fused-ring (bicyclic) bond motifs is 1. The maximum absolute atomic E-state index is 13.5. The smallest absolute Gasteiger partial charge is 0.267 e. The van der Waals surface area contributed by atoms with Crippen molar-refractivity contribution in [1.82, 2.24) is 9.55 Å². The molecular formula is C20H17N3OS. The van der Waals surface area contributed by atoms with Crippen LogP contribution in [-0.2, 0) is 0 Å². The number of aromatic nitrogens is 2. The summed E-state index contributed by atoms with van der Waals surface area (Å²) in [4.78, 5) is 19.1. The minimum atomic E-state index is -0.0661. The van der Waals surface area contributed by atoms with Gasteiger partial charge in [0, 0.05) is 23.0 Å². The van der Waals surface area contributed by atoms with Crippen molar-refractivity contribution in [3.8, 4) is 16.1 Å². The van der Waals surface area contributed by atoms with Crippen LogP contribution in [0.25, 0.3) is 27.2 Å². The standard InChI is InChI=1S/C20H17N3OS/c1-13-10-11-15-18(21-2)17(16-9-6-12-25-16)20(24)23(19(15)22-13)14-7-4-3-5-8-14/h3-12,21H,1-2H3. The molecule has 0 atom stereocenters. The SMILES string of the molecule is CNc1c(-c2cccs2)c(=O)n(-c2ccccc2)c2nc(C)ccc12. The molecule has 0 aliphatic carbocycles. The number of thiophene rings is 1. The van der Waals surface area contributed by atoms with E-state index in [0.717, 1.165) is 27.3 Å². The van der Waals surface area contributed by atoms with Crippen LogP contribution in [0.15, 0.2) is 64.8 Å². The van der Waals surface area contributed by atoms with Gasteiger partial charge in [-0.1, -0.05) is 24.3 Å². The van der Waals surface area contributed by atoms with Gasteiger partial charge in [-0.15, -0.1) is 11.3 Å². The molecule has 0 fully saturated rings. The number of para-hydroxylation sites is 1. The average Bonchev–Trinajstić information content (AvgIpc) is 3.15. The summed E-state index contributed by atoms with van der Waals surface area (Å²) < 4.78 is 1.71. The molecule has 4 rings (SSSR count). The number of hydrogen-bond acceptors (Lipinski definition) is 4. The van der Waals surface area contributed by atoms with E-state index in [9.17, 15) is 4.79 Å². The van der Waals surface area contributed by atoms with Crippen LogP contribution >= 0.6 is 11.3 Å². The number of nitrogens with zero attached hydrogens (tertiary/aromatic N) is 2. The van der Waals surface area contributed by atoms with Crippen molar-refractivity contribution in [2.75, 3.05) is 12.4 Å². The van der Waals surface area contributed by atoms with Gasteiger partial charge in [-0.2, -0.15) is 0 Å². The minimum Gasteiger partial charge on any atom is -0.387 e. The summed E-state index contributed by atoms with van der Waals surface area (Å²) >= 11 is 1.56. The Morgan fingerprint density at radius 3 is 2.52 bits per heavy atom. The number of pyridine rings is 2. The van der Waals surface area contributed by atoms with Crippen molar-refractivity contribution in [1.29, 1.82) is 0 Å². The summed E-state index contributed by atoms with van der Waals surface area (Å²) in [6, 6.07) is 17.6. The molecule has 1 aromatic carbocycles. The summed E-state index contributed by atoms with van der Waals surface area (Å²) in [6.07, 6.45) is 0. The molecule has 0 saturated heterocycles. The maximum atomic E-state index is 13.5. The molecule has 0 unspecified atom stereocenters. The fourth-order valence-electron chi connectivity index (χ4n) is 3.08. The van der Waals surface area contributed by atoms with Crippen LogP contribution in [0, 0.1) is 6.92 Å². The second-order valence-electron chi connectivity index (χ2n) is 5.78. The third-order valence-electron chi connectivity index (χ3n) is 4.19. The summed E-state index contributed by atoms with van der Waals surface area (Å²) in [5.74, 6) is 0. The highest BCUT2D eigenvalue weighted by atomic mass is 32.1. The van der Waals surface area contributed by atoms with Gasteiger partial charge in [-0.25, -0.2) is 4.98 Å². The number of benzene rings is 1. The van der Waals surface area contributed by atoms with Crippen LogP contribution in [0.5, 0.6) is 0 Å². The second-order valence-corrected chi connectivity index (χ2v) is 6.72. The maximum Gasteiger partial charge on any atom is 0.267 e. The second kappa shape index (κ2) is 6.18. The highest BCUT2D eigenvalue weighted by molar-refractivity contribution is 7.13. The molecular weight excluding hydrogens is 330 g/mol. The molecule has 3 aromatic heterocycles. The Balaban J connectivity index is 2.22. The molecule has 0 amide bonds. The zero-order valence-corrected chi connectivity index (χ0v) is 14.8. The normalized spacial score (nSPS) is 11.0. The van der Waals surface area contributed by atoms with Gasteiger partial charge in [-0.3, -0.25) is 9.36 Å². The first-order valence-electron chi connectivity index (χ1n) is 8.04. The number of rotatable bonds is 3. The van der Waals surface area contributed by atoms with Crippen molar-refractivity contribution < 1.29 is 0 Å². The molecule has 0 spiro atoms. The Kier molecular flexibility index (Phi) is 3.86. The third kappa shape index (κ3) is 2.53. The third-order valence-corrected chi connectivity index (χ3v) is 5.08. The molecule has 0 bridgehead atoms. The van der Waals surface area contributed by atoms with E-state index in [-0.39, 0.29) is 5.56 Å². The first kappa shape index (κ1) is 15.6. The van der Waals surface area contributed by atoms with Gasteiger partial charge in [0.15, 0.2) is 0 Å². The number of nitrogens with one attached hydrogen (secondary N) is 1. The van der Waals surface area contributed by atoms with Crippen molar-refractivity contribution >= 4 is 28.1 Å². The highest BCUT2D eigenvalue weighted by Crippen LogP contribution is 2.34. The lowest BCUT2D eigenvalue weighted by Gasteiger charge is -2.17. The first-order valence-corrected chi connectivity index (χ1v) is 8.92. The predicted octanol–water partition coefficient (Wildman–Crippen LogP) is 4.46. The quantitative estimate of drug-likeness (QED) is 0.595. The van der Waals surface area contributed by atoms with E-state index in [1.807, 2.05) is 73.9 Å². The molecule has 0 aliphatic heterocycles. The minimum absolute atomic E-state index is 0.0661. The monoisotopic (exact) mass is 347 g/mol. The summed E-state index contributed by atoms with van der Waals surface area (Å²) in [5.41, 5.74) is 3.80. The van der Waals surface area contributed by atoms with Crippen molar-refractivity contribution in [3.63, 3.8) is 0 Å². The van der Waals surface area contributed by atoms with Crippen molar-refractivity contribution in [3.05, 3.63) is 76.0 Å². The van der Waals surface area contributed by atoms with Crippen LogP contribution in [0.3, 0.4) is 0 Å². The van der Waals surface area contributed by atoms with Gasteiger partial charge in [0.1, 0.15) is 5.65 Å². The summed E-state index contributed by atoms with van der Waals surface area (Å²) in [5, 5.41) is 6.13. The number of aryl methyl sites for hydroxylation is 1. The lowest BCUT2D eigenvalue weighted by Crippen LogP contribution is -2.23. The van der Waals surface area contributed by atoms with E-state index in [2.05, 4.69) is 10.3 Å². The van der Waals surface area contributed by atoms with E-state index >= 15 is 0 Å². The lowest BCUT2D eigenvalue weighted by molar-refractivity contribution is 1.01. The van der Waals surface area contributed by atoms with Crippen LogP contribution in [-0.4, -0.2) is 16.6 Å². The average molecular weight is 347 g/mol. The Bertz CT molecular complexity index is 1100. The molecule has 25 heavy (non-hydrogen) atoms. The summed E-state index contributed by atoms with van der Waals surface area (Å²) in [7, 11) is 1.85. The van der Waals surface area contributed by atoms with Gasteiger partial charge in [0.25, 0.3) is 5.56 Å². The fourth-order valence-corrected chi connectivity index (χ4v) is 3.85. The Labute approximate surface area is 149 Å². The molecule has 0 radical (unpaired) electrons. The van der Waals surface area contributed by atoms with Crippen molar-refractivity contribution in [2.24, 2.45) is 0 Å². The van der Waals surface area contributed by atoms with Crippen LogP contribution in [0.4, 0.5) is 5.69 Å². The van der Waals surface area contributed by atoms with Crippen LogP contribution in [0.1, 0.15) is 5.69 Å². The number of hydrogen-bond donors (Lipinski definition) is 1. The summed E-state index contributed by atoms with van der Waals surface area (Å²) in [6.45, 7) is 1.94. The van der Waals surface area contributed by atoms with E-state index in [1.54, 1.807) is 15.9 Å². The highest BCUT2D eigenvalue weighted by Gasteiger charge is 2.20. The lowest BCUT2D eigenvalue weighted by atomic mass is 10.1. The largest absolute Gasteiger partial charge is 0.387 e. The van der Waals surface area contributed by atoms with E-state index < -0.39 is 0 Å². The van der Waals surface area contributed by atoms with Crippen LogP contribution in [0.2, 0.25) is 0 Å². The van der Waals surface area contributed by atoms with Gasteiger partial charge in [-0.05, 0) is 42.6 Å². The molecule has 4 aromatic rings. The van der Waals surface area contributed by atoms with Crippen molar-refractivity contribution in [2.45, 2.75) is 6.92 Å². The molecule has 4 nitrogen and oxygen atoms in total. The van der Waals surface area contributed by atoms with Crippen LogP contribution < -0.4 is 10.9 Å². The molecule has 1 N–H and O–H groups in total. The zero-order valence-electron chi connectivity index (χ0n) is 14.0. The molecule has 5 heteroatoms. The van der Waals surface area contributed by atoms with E-state index in [1.165, 1.54) is 0 Å². The topological polar surface area (TPSA) is 46.9 Å². The Hall–Kier alpha value is -2.92. The Morgan fingerprint density at radius 1 is 1.04 bits per heavy atom. The Morgan fingerprint density at radius 2 is 1.84 bits per heavy atom. The molecule has 0 aliphatic rings. The van der Waals surface area contributed by atoms with Gasteiger partial charge >= 0.3 is 0 Å². The van der Waals surface area contributed by atoms with E-state index in [0.29, 0.717) is 11.2 Å². The van der Waals surface area contributed by atoms with Gasteiger partial charge in [0.2, 0.25) is 0 Å². The molecule has 0 saturated carbocycles. The first-order chi connectivity index (χ1) is 12.2. The number of anilines is 1. The predicted molar refractivity (Wildman–Crippen MR) is 105 cm³/mol. The molecule has 124 valence electrons.